The van der Waals surface area contributed by atoms with E-state index in [1.54, 1.807) is 6.07 Å². The van der Waals surface area contributed by atoms with Crippen LogP contribution in [0.25, 0.3) is 0 Å². The van der Waals surface area contributed by atoms with Crippen LogP contribution in [0.15, 0.2) is 18.2 Å². The predicted molar refractivity (Wildman–Crippen MR) is 74.9 cm³/mol. The van der Waals surface area contributed by atoms with Crippen LogP contribution < -0.4 is 11.3 Å². The van der Waals surface area contributed by atoms with Gasteiger partial charge in [-0.15, -0.1) is 0 Å². The molecule has 3 N–H and O–H groups in total. The summed E-state index contributed by atoms with van der Waals surface area (Å²) in [6.07, 6.45) is 2.77. The zero-order valence-corrected chi connectivity index (χ0v) is 11.9. The first-order valence-corrected chi connectivity index (χ1v) is 6.85. The lowest BCUT2D eigenvalue weighted by Crippen LogP contribution is -2.52. The molecule has 0 amide bonds. The largest absolute Gasteiger partial charge is 0.374 e. The highest BCUT2D eigenvalue weighted by molar-refractivity contribution is 6.42. The molecule has 0 aliphatic carbocycles. The molecule has 2 unspecified atom stereocenters. The van der Waals surface area contributed by atoms with Gasteiger partial charge in [0.1, 0.15) is 0 Å². The summed E-state index contributed by atoms with van der Waals surface area (Å²) in [6, 6.07) is 5.67. The molecule has 1 aromatic rings. The van der Waals surface area contributed by atoms with E-state index < -0.39 is 0 Å². The van der Waals surface area contributed by atoms with Crippen molar-refractivity contribution < 1.29 is 4.74 Å². The maximum absolute atomic E-state index is 6.21. The molecule has 2 atom stereocenters. The summed E-state index contributed by atoms with van der Waals surface area (Å²) in [5, 5.41) is 1.17. The second-order valence-electron chi connectivity index (χ2n) is 4.90. The number of ether oxygens (including phenoxy) is 1. The predicted octanol–water partition coefficient (Wildman–Crippen LogP) is 2.94. The number of halogens is 2. The number of nitrogens with two attached hydrogens (primary N) is 1. The molecule has 3 nitrogen and oxygen atoms in total. The van der Waals surface area contributed by atoms with Gasteiger partial charge in [0.15, 0.2) is 0 Å². The van der Waals surface area contributed by atoms with Gasteiger partial charge in [0.05, 0.1) is 21.7 Å². The second kappa shape index (κ2) is 5.76. The van der Waals surface area contributed by atoms with Crippen molar-refractivity contribution in [2.45, 2.75) is 37.8 Å². The number of nitrogens with one attached hydrogen (secondary N) is 1. The fourth-order valence-electron chi connectivity index (χ4n) is 2.45. The third-order valence-electron chi connectivity index (χ3n) is 3.64. The lowest BCUT2D eigenvalue weighted by molar-refractivity contribution is -0.0115. The lowest BCUT2D eigenvalue weighted by Gasteiger charge is -2.33. The standard InChI is InChI=1S/C13H18Cl2N2O/c1-13(6-3-7-18-13)11(17-16)8-9-4-2-5-10(14)12(9)15/h2,4-5,11,17H,3,6-8,16H2,1H3. The van der Waals surface area contributed by atoms with E-state index in [0.29, 0.717) is 16.5 Å². The van der Waals surface area contributed by atoms with Crippen molar-refractivity contribution >= 4 is 23.2 Å². The lowest BCUT2D eigenvalue weighted by atomic mass is 9.89. The Balaban J connectivity index is 2.17. The number of rotatable bonds is 4. The third kappa shape index (κ3) is 2.81. The van der Waals surface area contributed by atoms with Crippen molar-refractivity contribution in [1.82, 2.24) is 5.43 Å². The molecule has 0 aromatic heterocycles. The molecule has 18 heavy (non-hydrogen) atoms. The van der Waals surface area contributed by atoms with Gasteiger partial charge in [-0.3, -0.25) is 11.3 Å². The minimum absolute atomic E-state index is 0.0240. The SMILES string of the molecule is CC1(C(Cc2cccc(Cl)c2Cl)NN)CCCO1. The van der Waals surface area contributed by atoms with Crippen molar-refractivity contribution in [1.29, 1.82) is 0 Å². The van der Waals surface area contributed by atoms with Crippen molar-refractivity contribution in [3.05, 3.63) is 33.8 Å². The Morgan fingerprint density at radius 3 is 2.89 bits per heavy atom. The molecule has 1 saturated heterocycles. The van der Waals surface area contributed by atoms with Gasteiger partial charge >= 0.3 is 0 Å². The number of benzene rings is 1. The van der Waals surface area contributed by atoms with Crippen LogP contribution in [-0.2, 0) is 11.2 Å². The molecule has 1 heterocycles. The Labute approximate surface area is 118 Å². The van der Waals surface area contributed by atoms with Crippen LogP contribution in [0.4, 0.5) is 0 Å². The molecule has 0 spiro atoms. The van der Waals surface area contributed by atoms with E-state index in [1.807, 2.05) is 12.1 Å². The summed E-state index contributed by atoms with van der Waals surface area (Å²) < 4.78 is 5.82. The van der Waals surface area contributed by atoms with Crippen LogP contribution in [0, 0.1) is 0 Å². The van der Waals surface area contributed by atoms with Gasteiger partial charge in [0.2, 0.25) is 0 Å². The Bertz CT molecular complexity index is 419. The van der Waals surface area contributed by atoms with Gasteiger partial charge < -0.3 is 4.74 Å². The van der Waals surface area contributed by atoms with Crippen LogP contribution in [0.5, 0.6) is 0 Å². The van der Waals surface area contributed by atoms with Crippen molar-refractivity contribution in [3.8, 4) is 0 Å². The van der Waals surface area contributed by atoms with Gasteiger partial charge in [-0.2, -0.15) is 0 Å². The molecule has 1 aliphatic rings. The maximum Gasteiger partial charge on any atom is 0.0824 e. The van der Waals surface area contributed by atoms with E-state index in [-0.39, 0.29) is 11.6 Å². The van der Waals surface area contributed by atoms with Crippen LogP contribution >= 0.6 is 23.2 Å². The Hall–Kier alpha value is -0.320. The van der Waals surface area contributed by atoms with Gasteiger partial charge in [0, 0.05) is 6.61 Å². The Morgan fingerprint density at radius 1 is 1.50 bits per heavy atom. The van der Waals surface area contributed by atoms with E-state index in [0.717, 1.165) is 25.0 Å². The smallest absolute Gasteiger partial charge is 0.0824 e. The van der Waals surface area contributed by atoms with E-state index in [1.165, 1.54) is 0 Å². The molecule has 0 bridgehead atoms. The van der Waals surface area contributed by atoms with E-state index >= 15 is 0 Å². The highest BCUT2D eigenvalue weighted by Crippen LogP contribution is 2.32. The van der Waals surface area contributed by atoms with E-state index in [2.05, 4.69) is 12.3 Å². The summed E-state index contributed by atoms with van der Waals surface area (Å²) >= 11 is 12.2. The van der Waals surface area contributed by atoms with Crippen molar-refractivity contribution in [2.24, 2.45) is 5.84 Å². The summed E-state index contributed by atoms with van der Waals surface area (Å²) in [7, 11) is 0. The van der Waals surface area contributed by atoms with Crippen molar-refractivity contribution in [3.63, 3.8) is 0 Å². The highest BCUT2D eigenvalue weighted by Gasteiger charge is 2.38. The molecule has 1 aliphatic heterocycles. The topological polar surface area (TPSA) is 47.3 Å². The second-order valence-corrected chi connectivity index (χ2v) is 5.69. The van der Waals surface area contributed by atoms with Crippen LogP contribution in [0.1, 0.15) is 25.3 Å². The number of hydrogen-bond acceptors (Lipinski definition) is 3. The van der Waals surface area contributed by atoms with E-state index in [4.69, 9.17) is 33.8 Å². The summed E-state index contributed by atoms with van der Waals surface area (Å²) in [6.45, 7) is 2.88. The van der Waals surface area contributed by atoms with Gasteiger partial charge in [0.25, 0.3) is 0 Å². The van der Waals surface area contributed by atoms with Crippen LogP contribution in [0.2, 0.25) is 10.0 Å². The molecular weight excluding hydrogens is 271 g/mol. The van der Waals surface area contributed by atoms with E-state index in [9.17, 15) is 0 Å². The molecule has 2 rings (SSSR count). The first kappa shape index (κ1) is 14.1. The third-order valence-corrected chi connectivity index (χ3v) is 4.50. The monoisotopic (exact) mass is 288 g/mol. The summed E-state index contributed by atoms with van der Waals surface area (Å²) in [5.74, 6) is 5.67. The fraction of sp³-hybridized carbons (Fsp3) is 0.538. The average molecular weight is 289 g/mol. The fourth-order valence-corrected chi connectivity index (χ4v) is 2.85. The summed E-state index contributed by atoms with van der Waals surface area (Å²) in [5.41, 5.74) is 3.61. The first-order valence-electron chi connectivity index (χ1n) is 6.10. The molecule has 1 fully saturated rings. The Morgan fingerprint density at radius 2 is 2.28 bits per heavy atom. The molecule has 0 radical (unpaired) electrons. The van der Waals surface area contributed by atoms with Crippen LogP contribution in [0.3, 0.4) is 0 Å². The molecular formula is C13H18Cl2N2O. The minimum Gasteiger partial charge on any atom is -0.374 e. The zero-order valence-electron chi connectivity index (χ0n) is 10.4. The van der Waals surface area contributed by atoms with Gasteiger partial charge in [-0.1, -0.05) is 35.3 Å². The Kier molecular flexibility index (Phi) is 4.51. The molecule has 1 aromatic carbocycles. The molecule has 100 valence electrons. The molecule has 5 heteroatoms. The zero-order chi connectivity index (χ0) is 13.2. The normalized spacial score (nSPS) is 25.3. The number of hydrogen-bond donors (Lipinski definition) is 2. The highest BCUT2D eigenvalue weighted by atomic mass is 35.5. The van der Waals surface area contributed by atoms with Crippen LogP contribution in [-0.4, -0.2) is 18.2 Å². The maximum atomic E-state index is 6.21. The van der Waals surface area contributed by atoms with Crippen molar-refractivity contribution in [2.75, 3.05) is 6.61 Å². The summed E-state index contributed by atoms with van der Waals surface area (Å²) in [4.78, 5) is 0. The minimum atomic E-state index is -0.236. The average Bonchev–Trinajstić information content (AvgIpc) is 2.79. The number of hydrazine groups is 1. The van der Waals surface area contributed by atoms with Gasteiger partial charge in [-0.25, -0.2) is 0 Å². The quantitative estimate of drug-likeness (QED) is 0.662. The van der Waals surface area contributed by atoms with Gasteiger partial charge in [-0.05, 0) is 37.8 Å². The first-order chi connectivity index (χ1) is 8.57. The molecule has 0 saturated carbocycles.